The number of nitrogens with one attached hydrogen (secondary N) is 1. The molecular formula is C7H8N2O3. The quantitative estimate of drug-likeness (QED) is 0.382. The van der Waals surface area contributed by atoms with Crippen molar-refractivity contribution in [1.82, 2.24) is 0 Å². The number of phenolic OH excluding ortho intramolecular Hbond substituents is 1. The molecule has 12 heavy (non-hydrogen) atoms. The fourth-order valence-corrected chi connectivity index (χ4v) is 0.893. The first-order valence-corrected chi connectivity index (χ1v) is 3.32. The molecule has 1 atom stereocenters. The largest absolute Gasteiger partial charge is 0.629 e. The summed E-state index contributed by atoms with van der Waals surface area (Å²) in [7, 11) is 1.33. The Labute approximate surface area is 68.8 Å². The summed E-state index contributed by atoms with van der Waals surface area (Å²) in [5.74, 6) is -0.0744. The van der Waals surface area contributed by atoms with Crippen molar-refractivity contribution in [3.05, 3.63) is 28.3 Å². The minimum Gasteiger partial charge on any atom is -0.629 e. The van der Waals surface area contributed by atoms with Crippen LogP contribution in [0.25, 0.3) is 0 Å². The Balaban J connectivity index is 3.20. The number of hydrogen-bond donors (Lipinski definition) is 2. The predicted molar refractivity (Wildman–Crippen MR) is 43.5 cm³/mol. The van der Waals surface area contributed by atoms with E-state index in [0.29, 0.717) is 0 Å². The lowest BCUT2D eigenvalue weighted by molar-refractivity contribution is -0.750. The van der Waals surface area contributed by atoms with Gasteiger partial charge in [0, 0.05) is 12.1 Å². The van der Waals surface area contributed by atoms with Crippen molar-refractivity contribution in [2.45, 2.75) is 0 Å². The van der Waals surface area contributed by atoms with Crippen molar-refractivity contribution in [1.29, 1.82) is 0 Å². The van der Waals surface area contributed by atoms with E-state index in [1.807, 2.05) is 0 Å². The highest BCUT2D eigenvalue weighted by molar-refractivity contribution is 5.59. The molecule has 0 heterocycles. The number of rotatable bonds is 2. The SMILES string of the molecule is C[NH+]([O-])c1ccc(O)cc1N=O. The zero-order valence-electron chi connectivity index (χ0n) is 6.44. The highest BCUT2D eigenvalue weighted by atomic mass is 16.5. The maximum atomic E-state index is 10.9. The van der Waals surface area contributed by atoms with Gasteiger partial charge in [0.2, 0.25) is 0 Å². The molecule has 0 saturated heterocycles. The number of hydrogen-bond acceptors (Lipinski definition) is 4. The van der Waals surface area contributed by atoms with Crippen molar-refractivity contribution in [3.8, 4) is 5.75 Å². The first-order chi connectivity index (χ1) is 5.65. The average molecular weight is 168 g/mol. The van der Waals surface area contributed by atoms with Crippen molar-refractivity contribution in [2.24, 2.45) is 5.18 Å². The van der Waals surface area contributed by atoms with Crippen LogP contribution < -0.4 is 5.06 Å². The van der Waals surface area contributed by atoms with Gasteiger partial charge in [-0.2, -0.15) is 0 Å². The summed E-state index contributed by atoms with van der Waals surface area (Å²) in [6, 6.07) is 3.86. The third-order valence-electron chi connectivity index (χ3n) is 1.46. The zero-order valence-corrected chi connectivity index (χ0v) is 6.44. The standard InChI is InChI=1S/C7H8N2O3/c1-9(12)7-3-2-5(10)4-6(7)8-11/h2-4,9-10H,1H3. The van der Waals surface area contributed by atoms with Gasteiger partial charge < -0.3 is 15.4 Å². The van der Waals surface area contributed by atoms with E-state index in [1.165, 1.54) is 19.2 Å². The van der Waals surface area contributed by atoms with Crippen LogP contribution in [0.3, 0.4) is 0 Å². The van der Waals surface area contributed by atoms with Crippen LogP contribution in [0.2, 0.25) is 0 Å². The molecule has 0 aliphatic heterocycles. The van der Waals surface area contributed by atoms with Gasteiger partial charge in [-0.25, -0.2) is 0 Å². The summed E-state index contributed by atoms with van der Waals surface area (Å²) in [5.41, 5.74) is 0.199. The average Bonchev–Trinajstić information content (AvgIpc) is 2.03. The summed E-state index contributed by atoms with van der Waals surface area (Å²) in [4.78, 5) is 10.2. The molecule has 1 unspecified atom stereocenters. The van der Waals surface area contributed by atoms with E-state index in [9.17, 15) is 10.1 Å². The van der Waals surface area contributed by atoms with Gasteiger partial charge in [0.1, 0.15) is 5.75 Å². The lowest BCUT2D eigenvalue weighted by Crippen LogP contribution is -2.98. The maximum Gasteiger partial charge on any atom is 0.172 e. The van der Waals surface area contributed by atoms with Gasteiger partial charge in [0.05, 0.1) is 7.05 Å². The summed E-state index contributed by atoms with van der Waals surface area (Å²) < 4.78 is 0. The number of nitrogens with zero attached hydrogens (tertiary/aromatic N) is 1. The molecule has 0 amide bonds. The van der Waals surface area contributed by atoms with Crippen molar-refractivity contribution >= 4 is 11.4 Å². The number of hydroxylamine groups is 1. The van der Waals surface area contributed by atoms with Crippen LogP contribution in [0.15, 0.2) is 23.4 Å². The second kappa shape index (κ2) is 3.29. The molecule has 0 bridgehead atoms. The Bertz CT molecular complexity index is 299. The number of aromatic hydroxyl groups is 1. The normalized spacial score (nSPS) is 12.5. The third kappa shape index (κ3) is 1.58. The van der Waals surface area contributed by atoms with Crippen molar-refractivity contribution in [3.63, 3.8) is 0 Å². The minimum absolute atomic E-state index is 0.0255. The van der Waals surface area contributed by atoms with E-state index in [1.54, 1.807) is 0 Å². The maximum absolute atomic E-state index is 10.9. The molecule has 64 valence electrons. The Hall–Kier alpha value is -1.46. The molecule has 0 aliphatic carbocycles. The summed E-state index contributed by atoms with van der Waals surface area (Å²) >= 11 is 0. The van der Waals surface area contributed by atoms with Crippen molar-refractivity contribution < 1.29 is 10.2 Å². The monoisotopic (exact) mass is 168 g/mol. The molecule has 5 heteroatoms. The molecule has 0 saturated carbocycles. The molecular weight excluding hydrogens is 160 g/mol. The molecule has 0 fully saturated rings. The fourth-order valence-electron chi connectivity index (χ4n) is 0.893. The second-order valence-electron chi connectivity index (χ2n) is 2.35. The van der Waals surface area contributed by atoms with Crippen LogP contribution in [0, 0.1) is 10.1 Å². The lowest BCUT2D eigenvalue weighted by atomic mass is 10.2. The van der Waals surface area contributed by atoms with Crippen LogP contribution in [-0.4, -0.2) is 12.2 Å². The number of phenols is 1. The predicted octanol–water partition coefficient (Wildman–Crippen LogP) is 0.434. The van der Waals surface area contributed by atoms with E-state index in [0.717, 1.165) is 6.07 Å². The van der Waals surface area contributed by atoms with Crippen LogP contribution in [0.5, 0.6) is 5.75 Å². The molecule has 2 N–H and O–H groups in total. The van der Waals surface area contributed by atoms with Crippen LogP contribution in [0.1, 0.15) is 0 Å². The van der Waals surface area contributed by atoms with E-state index in [2.05, 4.69) is 5.18 Å². The molecule has 5 nitrogen and oxygen atoms in total. The van der Waals surface area contributed by atoms with Gasteiger partial charge in [-0.05, 0) is 11.2 Å². The Morgan fingerprint density at radius 2 is 2.25 bits per heavy atom. The molecule has 0 aromatic heterocycles. The van der Waals surface area contributed by atoms with Crippen LogP contribution in [-0.2, 0) is 0 Å². The summed E-state index contributed by atoms with van der Waals surface area (Å²) in [6.45, 7) is 0. The highest BCUT2D eigenvalue weighted by Gasteiger charge is 2.07. The Morgan fingerprint density at radius 1 is 1.58 bits per heavy atom. The van der Waals surface area contributed by atoms with Gasteiger partial charge in [-0.15, -0.1) is 4.91 Å². The Kier molecular flexibility index (Phi) is 2.37. The summed E-state index contributed by atoms with van der Waals surface area (Å²) in [6.07, 6.45) is 0. The first-order valence-electron chi connectivity index (χ1n) is 3.32. The fraction of sp³-hybridized carbons (Fsp3) is 0.143. The number of quaternary nitrogens is 1. The molecule has 0 radical (unpaired) electrons. The topological polar surface area (TPSA) is 77.2 Å². The van der Waals surface area contributed by atoms with Crippen LogP contribution >= 0.6 is 0 Å². The van der Waals surface area contributed by atoms with Crippen molar-refractivity contribution in [2.75, 3.05) is 7.05 Å². The van der Waals surface area contributed by atoms with E-state index in [-0.39, 0.29) is 22.2 Å². The van der Waals surface area contributed by atoms with Gasteiger partial charge in [0.25, 0.3) is 0 Å². The lowest BCUT2D eigenvalue weighted by Gasteiger charge is -2.15. The number of benzene rings is 1. The first kappa shape index (κ1) is 8.63. The molecule has 1 aromatic rings. The molecule has 0 spiro atoms. The number of nitroso groups, excluding NO2 is 1. The van der Waals surface area contributed by atoms with Gasteiger partial charge in [0.15, 0.2) is 11.4 Å². The van der Waals surface area contributed by atoms with E-state index >= 15 is 0 Å². The van der Waals surface area contributed by atoms with Gasteiger partial charge in [-0.3, -0.25) is 0 Å². The minimum atomic E-state index is -0.246. The van der Waals surface area contributed by atoms with Gasteiger partial charge >= 0.3 is 0 Å². The van der Waals surface area contributed by atoms with Crippen LogP contribution in [0.4, 0.5) is 11.4 Å². The second-order valence-corrected chi connectivity index (χ2v) is 2.35. The van der Waals surface area contributed by atoms with E-state index < -0.39 is 0 Å². The summed E-state index contributed by atoms with van der Waals surface area (Å²) in [5, 5.41) is 22.2. The molecule has 0 aliphatic rings. The zero-order chi connectivity index (χ0) is 9.14. The molecule has 1 rings (SSSR count). The third-order valence-corrected chi connectivity index (χ3v) is 1.46. The smallest absolute Gasteiger partial charge is 0.172 e. The molecule has 1 aromatic carbocycles. The van der Waals surface area contributed by atoms with Gasteiger partial charge in [-0.1, -0.05) is 0 Å². The Morgan fingerprint density at radius 3 is 2.75 bits per heavy atom. The van der Waals surface area contributed by atoms with E-state index in [4.69, 9.17) is 5.11 Å². The highest BCUT2D eigenvalue weighted by Crippen LogP contribution is 2.25.